The molecule has 5 N–H and O–H groups in total. The van der Waals surface area contributed by atoms with E-state index in [2.05, 4.69) is 37.6 Å². The van der Waals surface area contributed by atoms with Crippen molar-refractivity contribution in [3.8, 4) is 11.5 Å². The van der Waals surface area contributed by atoms with Crippen LogP contribution in [-0.2, 0) is 49.8 Å². The highest BCUT2D eigenvalue weighted by atomic mass is 32.2. The summed E-state index contributed by atoms with van der Waals surface area (Å²) in [5, 5.41) is 16.3. The Kier molecular flexibility index (Phi) is 20.8. The third kappa shape index (κ3) is 18.9. The Morgan fingerprint density at radius 2 is 1.25 bits per heavy atom. The van der Waals surface area contributed by atoms with Crippen molar-refractivity contribution in [2.24, 2.45) is 0 Å². The molecule has 3 aromatic rings. The maximum atomic E-state index is 12.9. The number of carboxylic acid groups (broad SMARTS) is 1. The van der Waals surface area contributed by atoms with E-state index in [1.165, 1.54) is 42.9 Å². The van der Waals surface area contributed by atoms with Gasteiger partial charge in [0.05, 0.1) is 50.1 Å². The Morgan fingerprint density at radius 1 is 0.679 bits per heavy atom. The Labute approximate surface area is 326 Å². The Hall–Kier alpha value is -5.21. The topological polar surface area (TPSA) is 243 Å². The van der Waals surface area contributed by atoms with Crippen LogP contribution in [0.3, 0.4) is 0 Å². The Bertz CT molecular complexity index is 1740. The second-order valence-electron chi connectivity index (χ2n) is 12.0. The van der Waals surface area contributed by atoms with Crippen LogP contribution in [-0.4, -0.2) is 120 Å². The van der Waals surface area contributed by atoms with Gasteiger partial charge in [0.25, 0.3) is 15.9 Å². The smallest absolute Gasteiger partial charge is 0.329 e. The summed E-state index contributed by atoms with van der Waals surface area (Å²) in [7, 11) is -4.03. The molecule has 19 heteroatoms. The van der Waals surface area contributed by atoms with Gasteiger partial charge in [-0.05, 0) is 54.8 Å². The number of unbranched alkanes of at least 4 members (excludes halogenated alkanes) is 2. The lowest BCUT2D eigenvalue weighted by atomic mass is 10.1. The van der Waals surface area contributed by atoms with Crippen molar-refractivity contribution in [1.29, 1.82) is 0 Å². The van der Waals surface area contributed by atoms with Crippen molar-refractivity contribution in [3.05, 3.63) is 72.1 Å². The number of hydrogen-bond donors (Lipinski definition) is 5. The molecule has 0 atom stereocenters. The van der Waals surface area contributed by atoms with Crippen LogP contribution in [0.4, 0.5) is 5.95 Å². The largest absolute Gasteiger partial charge is 0.480 e. The minimum atomic E-state index is -4.03. The number of aryl methyl sites for hydroxylation is 1. The van der Waals surface area contributed by atoms with Gasteiger partial charge in [0.1, 0.15) is 24.7 Å². The van der Waals surface area contributed by atoms with E-state index in [1.54, 1.807) is 12.1 Å². The number of aliphatic carboxylic acids is 1. The number of sulfonamides is 1. The van der Waals surface area contributed by atoms with Gasteiger partial charge in [0, 0.05) is 38.4 Å². The predicted molar refractivity (Wildman–Crippen MR) is 203 cm³/mol. The van der Waals surface area contributed by atoms with Gasteiger partial charge in [-0.15, -0.1) is 0 Å². The first kappa shape index (κ1) is 45.2. The molecule has 0 saturated heterocycles. The number of rotatable bonds is 29. The monoisotopic (exact) mass is 802 g/mol. The minimum Gasteiger partial charge on any atom is -0.480 e. The lowest BCUT2D eigenvalue weighted by Gasteiger charge is -2.10. The highest BCUT2D eigenvalue weighted by molar-refractivity contribution is 7.92. The molecule has 0 spiro atoms. The van der Waals surface area contributed by atoms with Crippen LogP contribution in [0.2, 0.25) is 0 Å². The number of benzene rings is 2. The van der Waals surface area contributed by atoms with Crippen LogP contribution in [0, 0.1) is 0 Å². The zero-order valence-electron chi connectivity index (χ0n) is 31.3. The standard InChI is InChI=1S/C37H50N6O12S/c1-2-3-4-5-28-6-8-30(9-7-28)55-31-10-12-32(13-11-31)56(49,50)43-37-41-24-29(25-42-37)36(48)40-15-14-33(44)38-16-18-51-20-22-53-26-34(45)39-17-19-52-21-23-54-27-35(46)47/h6-13,24-25H,2-5,14-23,26-27H2,1H3,(H,38,44)(H,39,45)(H,40,48)(H,46,47)(H,41,42,43). The molecule has 0 fully saturated rings. The van der Waals surface area contributed by atoms with Gasteiger partial charge >= 0.3 is 5.97 Å². The summed E-state index contributed by atoms with van der Waals surface area (Å²) in [4.78, 5) is 54.5. The van der Waals surface area contributed by atoms with Crippen LogP contribution < -0.4 is 25.4 Å². The molecule has 0 radical (unpaired) electrons. The van der Waals surface area contributed by atoms with Crippen LogP contribution in [0.15, 0.2) is 65.8 Å². The predicted octanol–water partition coefficient (Wildman–Crippen LogP) is 2.31. The number of carboxylic acids is 1. The highest BCUT2D eigenvalue weighted by Gasteiger charge is 2.17. The first-order chi connectivity index (χ1) is 27.1. The molecular formula is C37H50N6O12S. The first-order valence-corrected chi connectivity index (χ1v) is 19.6. The van der Waals surface area contributed by atoms with Gasteiger partial charge in [-0.25, -0.2) is 27.9 Å². The number of amides is 3. The van der Waals surface area contributed by atoms with Crippen LogP contribution in [0.1, 0.15) is 48.5 Å². The van der Waals surface area contributed by atoms with Gasteiger partial charge in [0.2, 0.25) is 17.8 Å². The molecule has 0 unspecified atom stereocenters. The van der Waals surface area contributed by atoms with Crippen LogP contribution in [0.25, 0.3) is 0 Å². The average Bonchev–Trinajstić information content (AvgIpc) is 3.18. The van der Waals surface area contributed by atoms with E-state index in [4.69, 9.17) is 28.8 Å². The molecule has 0 aliphatic carbocycles. The molecule has 0 bridgehead atoms. The van der Waals surface area contributed by atoms with Crippen molar-refractivity contribution in [2.75, 3.05) is 77.2 Å². The minimum absolute atomic E-state index is 0.00147. The van der Waals surface area contributed by atoms with Crippen molar-refractivity contribution in [3.63, 3.8) is 0 Å². The summed E-state index contributed by atoms with van der Waals surface area (Å²) in [6, 6.07) is 13.7. The molecule has 0 aliphatic heterocycles. The van der Waals surface area contributed by atoms with Crippen LogP contribution >= 0.6 is 0 Å². The third-order valence-corrected chi connectivity index (χ3v) is 8.82. The number of ether oxygens (including phenoxy) is 5. The first-order valence-electron chi connectivity index (χ1n) is 18.1. The molecule has 2 aromatic carbocycles. The number of hydrogen-bond acceptors (Lipinski definition) is 13. The number of nitrogens with one attached hydrogen (secondary N) is 4. The van der Waals surface area contributed by atoms with E-state index in [0.29, 0.717) is 11.5 Å². The van der Waals surface area contributed by atoms with E-state index < -0.39 is 28.5 Å². The molecule has 1 aromatic heterocycles. The number of carbonyl (C=O) groups is 4. The van der Waals surface area contributed by atoms with Crippen molar-refractivity contribution in [1.82, 2.24) is 25.9 Å². The second-order valence-corrected chi connectivity index (χ2v) is 13.7. The van der Waals surface area contributed by atoms with Crippen molar-refractivity contribution >= 4 is 39.7 Å². The number of anilines is 1. The maximum Gasteiger partial charge on any atom is 0.329 e. The second kappa shape index (κ2) is 25.8. The molecule has 0 aliphatic rings. The molecule has 1 heterocycles. The molecule has 0 saturated carbocycles. The number of aromatic nitrogens is 2. The summed E-state index contributed by atoms with van der Waals surface area (Å²) in [5.41, 5.74) is 1.31. The average molecular weight is 803 g/mol. The van der Waals surface area contributed by atoms with Gasteiger partial charge in [0.15, 0.2) is 0 Å². The summed E-state index contributed by atoms with van der Waals surface area (Å²) in [5.74, 6) is -1.35. The SMILES string of the molecule is CCCCCc1ccc(Oc2ccc(S(=O)(=O)Nc3ncc(C(=O)NCCC(=O)NCCOCCOCC(=O)NCCOCCOCC(=O)O)cn3)cc2)cc1. The van der Waals surface area contributed by atoms with Gasteiger partial charge < -0.3 is 44.7 Å². The van der Waals surface area contributed by atoms with Gasteiger partial charge in [-0.2, -0.15) is 0 Å². The van der Waals surface area contributed by atoms with Crippen LogP contribution in [0.5, 0.6) is 11.5 Å². The van der Waals surface area contributed by atoms with Gasteiger partial charge in [-0.1, -0.05) is 31.9 Å². The van der Waals surface area contributed by atoms with E-state index in [-0.39, 0.29) is 101 Å². The molecule has 18 nitrogen and oxygen atoms in total. The Morgan fingerprint density at radius 3 is 1.86 bits per heavy atom. The number of nitrogens with zero attached hydrogens (tertiary/aromatic N) is 2. The quantitative estimate of drug-likeness (QED) is 0.0633. The maximum absolute atomic E-state index is 12.9. The Balaban J connectivity index is 1.23. The molecule has 3 rings (SSSR count). The molecular weight excluding hydrogens is 753 g/mol. The van der Waals surface area contributed by atoms with E-state index in [9.17, 15) is 27.6 Å². The molecule has 306 valence electrons. The van der Waals surface area contributed by atoms with Gasteiger partial charge in [-0.3, -0.25) is 14.4 Å². The summed E-state index contributed by atoms with van der Waals surface area (Å²) < 4.78 is 54.5. The zero-order valence-corrected chi connectivity index (χ0v) is 32.1. The fourth-order valence-corrected chi connectivity index (χ4v) is 5.58. The van der Waals surface area contributed by atoms with E-state index in [0.717, 1.165) is 12.8 Å². The van der Waals surface area contributed by atoms with E-state index in [1.807, 2.05) is 24.3 Å². The fraction of sp³-hybridized carbons (Fsp3) is 0.459. The highest BCUT2D eigenvalue weighted by Crippen LogP contribution is 2.24. The molecule has 56 heavy (non-hydrogen) atoms. The lowest BCUT2D eigenvalue weighted by molar-refractivity contribution is -0.142. The fourth-order valence-electron chi connectivity index (χ4n) is 4.62. The van der Waals surface area contributed by atoms with Crippen molar-refractivity contribution in [2.45, 2.75) is 43.9 Å². The third-order valence-electron chi connectivity index (χ3n) is 7.48. The normalized spacial score (nSPS) is 11.1. The van der Waals surface area contributed by atoms with Crippen molar-refractivity contribution < 1.29 is 56.4 Å². The summed E-state index contributed by atoms with van der Waals surface area (Å²) in [6.45, 7) is 3.32. The summed E-state index contributed by atoms with van der Waals surface area (Å²) in [6.07, 6.45) is 6.84. The van der Waals surface area contributed by atoms with E-state index >= 15 is 0 Å². The zero-order chi connectivity index (χ0) is 40.4. The summed E-state index contributed by atoms with van der Waals surface area (Å²) >= 11 is 0. The molecule has 3 amide bonds. The lowest BCUT2D eigenvalue weighted by Crippen LogP contribution is -2.32. The number of carbonyl (C=O) groups excluding carboxylic acids is 3.